The second kappa shape index (κ2) is 6.11. The first kappa shape index (κ1) is 13.9. The molecule has 0 spiro atoms. The summed E-state index contributed by atoms with van der Waals surface area (Å²) < 4.78 is 26.0. The summed E-state index contributed by atoms with van der Waals surface area (Å²) >= 11 is 0. The molecule has 19 heavy (non-hydrogen) atoms. The number of hydrogen-bond acceptors (Lipinski definition) is 1. The molecule has 0 heterocycles. The summed E-state index contributed by atoms with van der Waals surface area (Å²) in [6.07, 6.45) is 0. The van der Waals surface area contributed by atoms with Gasteiger partial charge in [-0.05, 0) is 31.0 Å². The monoisotopic (exact) mass is 276 g/mol. The fourth-order valence-corrected chi connectivity index (χ4v) is 3.35. The second-order valence-corrected chi connectivity index (χ2v) is 6.37. The molecule has 2 aromatic rings. The van der Waals surface area contributed by atoms with Crippen LogP contribution in [0.1, 0.15) is 28.9 Å². The van der Waals surface area contributed by atoms with Crippen molar-refractivity contribution >= 4 is 10.8 Å². The maximum atomic E-state index is 13.7. The maximum absolute atomic E-state index is 13.7. The van der Waals surface area contributed by atoms with Gasteiger partial charge in [0.2, 0.25) is 0 Å². The molecule has 0 radical (unpaired) electrons. The first-order valence-electron chi connectivity index (χ1n) is 6.25. The van der Waals surface area contributed by atoms with Crippen LogP contribution in [0.15, 0.2) is 48.5 Å². The van der Waals surface area contributed by atoms with Gasteiger partial charge in [-0.15, -0.1) is 0 Å². The number of aryl methyl sites for hydroxylation is 1. The topological polar surface area (TPSA) is 17.1 Å². The molecule has 2 atom stereocenters. The van der Waals surface area contributed by atoms with E-state index in [4.69, 9.17) is 0 Å². The van der Waals surface area contributed by atoms with Crippen molar-refractivity contribution < 1.29 is 8.60 Å². The molecule has 0 saturated carbocycles. The first-order chi connectivity index (χ1) is 9.09. The van der Waals surface area contributed by atoms with Crippen LogP contribution in [-0.4, -0.2) is 4.21 Å². The molecule has 0 unspecified atom stereocenters. The van der Waals surface area contributed by atoms with Gasteiger partial charge >= 0.3 is 0 Å². The zero-order valence-electron chi connectivity index (χ0n) is 11.1. The van der Waals surface area contributed by atoms with Crippen molar-refractivity contribution in [3.8, 4) is 0 Å². The van der Waals surface area contributed by atoms with Gasteiger partial charge in [0.05, 0.1) is 5.25 Å². The summed E-state index contributed by atoms with van der Waals surface area (Å²) in [5, 5.41) is -0.305. The van der Waals surface area contributed by atoms with E-state index in [1.54, 1.807) is 18.2 Å². The van der Waals surface area contributed by atoms with Gasteiger partial charge in [0.15, 0.2) is 0 Å². The van der Waals surface area contributed by atoms with Gasteiger partial charge in [-0.1, -0.05) is 42.5 Å². The molecule has 2 aromatic carbocycles. The average Bonchev–Trinajstić information content (AvgIpc) is 2.41. The van der Waals surface area contributed by atoms with E-state index < -0.39 is 10.8 Å². The molecule has 0 saturated heterocycles. The van der Waals surface area contributed by atoms with Crippen LogP contribution in [0.3, 0.4) is 0 Å². The minimum Gasteiger partial charge on any atom is -0.259 e. The molecule has 0 N–H and O–H groups in total. The summed E-state index contributed by atoms with van der Waals surface area (Å²) in [5.74, 6) is 0.176. The Balaban J connectivity index is 2.17. The molecule has 3 heteroatoms. The van der Waals surface area contributed by atoms with Gasteiger partial charge in [0, 0.05) is 22.1 Å². The Morgan fingerprint density at radius 1 is 1.11 bits per heavy atom. The zero-order chi connectivity index (χ0) is 13.8. The molecule has 0 aliphatic heterocycles. The molecule has 0 aliphatic carbocycles. The smallest absolute Gasteiger partial charge is 0.127 e. The highest BCUT2D eigenvalue weighted by atomic mass is 32.2. The fourth-order valence-electron chi connectivity index (χ4n) is 2.00. The summed E-state index contributed by atoms with van der Waals surface area (Å²) in [6, 6.07) is 14.4. The molecule has 0 fully saturated rings. The van der Waals surface area contributed by atoms with E-state index in [1.165, 1.54) is 6.07 Å². The van der Waals surface area contributed by atoms with E-state index in [1.807, 2.05) is 38.1 Å². The van der Waals surface area contributed by atoms with Gasteiger partial charge < -0.3 is 0 Å². The van der Waals surface area contributed by atoms with Crippen LogP contribution in [0.25, 0.3) is 0 Å². The van der Waals surface area contributed by atoms with Gasteiger partial charge in [-0.25, -0.2) is 4.39 Å². The highest BCUT2D eigenvalue weighted by molar-refractivity contribution is 7.84. The Kier molecular flexibility index (Phi) is 4.48. The summed E-state index contributed by atoms with van der Waals surface area (Å²) in [7, 11) is -1.13. The van der Waals surface area contributed by atoms with Crippen molar-refractivity contribution in [3.63, 3.8) is 0 Å². The molecule has 0 bridgehead atoms. The Labute approximate surface area is 115 Å². The number of rotatable bonds is 4. The van der Waals surface area contributed by atoms with Crippen LogP contribution in [-0.2, 0) is 16.6 Å². The van der Waals surface area contributed by atoms with Crippen LogP contribution in [0.2, 0.25) is 0 Å². The Bertz CT molecular complexity index is 595. The van der Waals surface area contributed by atoms with Crippen LogP contribution in [0.4, 0.5) is 4.39 Å². The van der Waals surface area contributed by atoms with Gasteiger partial charge in [-0.2, -0.15) is 0 Å². The summed E-state index contributed by atoms with van der Waals surface area (Å²) in [4.78, 5) is 0. The Morgan fingerprint density at radius 2 is 1.74 bits per heavy atom. The van der Waals surface area contributed by atoms with Crippen LogP contribution in [0, 0.1) is 12.7 Å². The van der Waals surface area contributed by atoms with Crippen LogP contribution < -0.4 is 0 Å². The van der Waals surface area contributed by atoms with Gasteiger partial charge in [-0.3, -0.25) is 4.21 Å². The minimum absolute atomic E-state index is 0.284. The second-order valence-electron chi connectivity index (χ2n) is 4.62. The largest absolute Gasteiger partial charge is 0.259 e. The first-order valence-corrected chi connectivity index (χ1v) is 7.64. The van der Waals surface area contributed by atoms with Crippen molar-refractivity contribution in [3.05, 3.63) is 71.0 Å². The zero-order valence-corrected chi connectivity index (χ0v) is 11.9. The molecule has 0 aliphatic rings. The molecule has 100 valence electrons. The minimum atomic E-state index is -1.13. The molecule has 0 amide bonds. The van der Waals surface area contributed by atoms with Crippen LogP contribution in [0.5, 0.6) is 0 Å². The Morgan fingerprint density at radius 3 is 2.42 bits per heavy atom. The number of hydrogen-bond donors (Lipinski definition) is 0. The summed E-state index contributed by atoms with van der Waals surface area (Å²) in [6.45, 7) is 3.81. The van der Waals surface area contributed by atoms with Crippen molar-refractivity contribution in [1.82, 2.24) is 0 Å². The van der Waals surface area contributed by atoms with E-state index in [9.17, 15) is 8.60 Å². The average molecular weight is 276 g/mol. The van der Waals surface area contributed by atoms with E-state index in [0.717, 1.165) is 11.1 Å². The standard InChI is InChI=1S/C16H17FOS/c1-12-7-3-4-8-14(12)11-19(18)13(2)15-9-5-6-10-16(15)17/h3-10,13H,11H2,1-2H3/t13-,19-/m1/s1. The SMILES string of the molecule is Cc1ccccc1C[S@@](=O)[C@H](C)c1ccccc1F. The molecular weight excluding hydrogens is 259 g/mol. The molecular formula is C16H17FOS. The Hall–Kier alpha value is -1.48. The lowest BCUT2D eigenvalue weighted by molar-refractivity contribution is 0.606. The molecule has 1 nitrogen and oxygen atoms in total. The van der Waals surface area contributed by atoms with E-state index >= 15 is 0 Å². The predicted molar refractivity (Wildman–Crippen MR) is 77.8 cm³/mol. The van der Waals surface area contributed by atoms with Crippen molar-refractivity contribution in [2.75, 3.05) is 0 Å². The van der Waals surface area contributed by atoms with Gasteiger partial charge in [0.25, 0.3) is 0 Å². The maximum Gasteiger partial charge on any atom is 0.127 e. The summed E-state index contributed by atoms with van der Waals surface area (Å²) in [5.41, 5.74) is 2.70. The van der Waals surface area contributed by atoms with E-state index in [0.29, 0.717) is 11.3 Å². The highest BCUT2D eigenvalue weighted by Gasteiger charge is 2.17. The van der Waals surface area contributed by atoms with Crippen LogP contribution >= 0.6 is 0 Å². The fraction of sp³-hybridized carbons (Fsp3) is 0.250. The quantitative estimate of drug-likeness (QED) is 0.820. The number of halogens is 1. The molecule has 2 rings (SSSR count). The lowest BCUT2D eigenvalue weighted by Gasteiger charge is -2.13. The lowest BCUT2D eigenvalue weighted by atomic mass is 10.1. The van der Waals surface area contributed by atoms with Crippen molar-refractivity contribution in [1.29, 1.82) is 0 Å². The number of benzene rings is 2. The van der Waals surface area contributed by atoms with E-state index in [-0.39, 0.29) is 11.1 Å². The third-order valence-corrected chi connectivity index (χ3v) is 4.93. The van der Waals surface area contributed by atoms with Crippen molar-refractivity contribution in [2.24, 2.45) is 0 Å². The normalized spacial score (nSPS) is 14.1. The van der Waals surface area contributed by atoms with Crippen molar-refractivity contribution in [2.45, 2.75) is 24.9 Å². The predicted octanol–water partition coefficient (Wildman–Crippen LogP) is 4.14. The third-order valence-electron chi connectivity index (χ3n) is 3.30. The van der Waals surface area contributed by atoms with Gasteiger partial charge in [0.1, 0.15) is 5.82 Å². The molecule has 0 aromatic heterocycles. The van der Waals surface area contributed by atoms with E-state index in [2.05, 4.69) is 0 Å². The highest BCUT2D eigenvalue weighted by Crippen LogP contribution is 2.24. The lowest BCUT2D eigenvalue weighted by Crippen LogP contribution is -2.08. The third kappa shape index (κ3) is 3.29.